The first-order valence-electron chi connectivity index (χ1n) is 7.73. The van der Waals surface area contributed by atoms with E-state index in [1.165, 1.54) is 28.0 Å². The molecule has 0 saturated heterocycles. The van der Waals surface area contributed by atoms with Gasteiger partial charge < -0.3 is 29.7 Å². The van der Waals surface area contributed by atoms with E-state index in [0.29, 0.717) is 6.04 Å². The molecule has 1 heterocycles. The Labute approximate surface area is 195 Å². The SMILES string of the molecule is CN1c2ccc(Br)[c-]c2C2=Cc3ccccc3C21.[C-]1=CC=CC1.[Cl-].[Cl-].[Zr+4]. The molecular weight excluding hydrogens is 508 g/mol. The summed E-state index contributed by atoms with van der Waals surface area (Å²) >= 11 is 3.52. The van der Waals surface area contributed by atoms with Crippen LogP contribution in [0.2, 0.25) is 0 Å². The van der Waals surface area contributed by atoms with Crippen molar-refractivity contribution in [3.05, 3.63) is 87.9 Å². The summed E-state index contributed by atoms with van der Waals surface area (Å²) in [6.07, 6.45) is 12.3. The van der Waals surface area contributed by atoms with E-state index in [2.05, 4.69) is 88.6 Å². The second-order valence-electron chi connectivity index (χ2n) is 5.81. The van der Waals surface area contributed by atoms with Crippen LogP contribution in [0, 0.1) is 12.1 Å². The number of nitrogens with zero attached hydrogens (tertiary/aromatic N) is 1. The van der Waals surface area contributed by atoms with Crippen LogP contribution in [0.5, 0.6) is 0 Å². The minimum atomic E-state index is 0. The molecule has 5 heteroatoms. The van der Waals surface area contributed by atoms with Gasteiger partial charge in [0.05, 0.1) is 0 Å². The molecule has 0 bridgehead atoms. The third-order valence-electron chi connectivity index (χ3n) is 4.43. The van der Waals surface area contributed by atoms with Crippen molar-refractivity contribution in [1.29, 1.82) is 0 Å². The van der Waals surface area contributed by atoms with Crippen molar-refractivity contribution < 1.29 is 51.0 Å². The Hall–Kier alpha value is -0.597. The van der Waals surface area contributed by atoms with Crippen LogP contribution in [-0.2, 0) is 26.2 Å². The zero-order chi connectivity index (χ0) is 15.8. The van der Waals surface area contributed by atoms with Crippen molar-refractivity contribution in [2.24, 2.45) is 0 Å². The molecule has 0 aromatic heterocycles. The second kappa shape index (κ2) is 10.1. The number of likely N-dealkylation sites (N-methyl/N-ethyl adjacent to an activating group) is 1. The molecular formula is C21H16BrCl2NZr. The topological polar surface area (TPSA) is 3.24 Å². The molecule has 2 aromatic carbocycles. The van der Waals surface area contributed by atoms with Gasteiger partial charge in [-0.15, -0.1) is 30.2 Å². The van der Waals surface area contributed by atoms with E-state index in [1.54, 1.807) is 0 Å². The van der Waals surface area contributed by atoms with Crippen molar-refractivity contribution in [1.82, 2.24) is 0 Å². The maximum Gasteiger partial charge on any atom is 4.00 e. The monoisotopic (exact) mass is 521 g/mol. The van der Waals surface area contributed by atoms with Gasteiger partial charge in [0.2, 0.25) is 0 Å². The Kier molecular flexibility index (Phi) is 9.09. The first-order chi connectivity index (χ1) is 11.3. The standard InChI is InChI=1S/C16H11BrN.C5H5.2ClH.Zr/c1-18-15-7-6-11(17)9-13(15)14-8-10-4-2-3-5-12(10)16(14)18;1-2-4-5-3-1;;;/h2-8,16H,1H3;1-3H,4H2;2*1H;/q2*-1;;;+4/p-2. The fourth-order valence-electron chi connectivity index (χ4n) is 3.39. The molecule has 0 spiro atoms. The molecule has 1 unspecified atom stereocenters. The smallest absolute Gasteiger partial charge is 1.00 e. The summed E-state index contributed by atoms with van der Waals surface area (Å²) in [6, 6.07) is 16.6. The van der Waals surface area contributed by atoms with Gasteiger partial charge in [-0.2, -0.15) is 6.08 Å². The third-order valence-corrected chi connectivity index (χ3v) is 4.89. The van der Waals surface area contributed by atoms with Crippen LogP contribution < -0.4 is 29.7 Å². The Balaban J connectivity index is 0.000000372. The first-order valence-corrected chi connectivity index (χ1v) is 8.52. The molecule has 0 radical (unpaired) electrons. The second-order valence-corrected chi connectivity index (χ2v) is 6.67. The van der Waals surface area contributed by atoms with E-state index in [9.17, 15) is 0 Å². The van der Waals surface area contributed by atoms with Gasteiger partial charge in [0.1, 0.15) is 0 Å². The zero-order valence-electron chi connectivity index (χ0n) is 14.1. The number of halogens is 3. The number of hydrogen-bond acceptors (Lipinski definition) is 1. The normalized spacial score (nSPS) is 16.8. The summed E-state index contributed by atoms with van der Waals surface area (Å²) in [7, 11) is 2.16. The summed E-state index contributed by atoms with van der Waals surface area (Å²) in [6.45, 7) is 0. The largest absolute Gasteiger partial charge is 4.00 e. The molecule has 26 heavy (non-hydrogen) atoms. The quantitative estimate of drug-likeness (QED) is 0.425. The van der Waals surface area contributed by atoms with Crippen molar-refractivity contribution in [3.8, 4) is 0 Å². The number of hydrogen-bond donors (Lipinski definition) is 0. The van der Waals surface area contributed by atoms with E-state index in [0.717, 1.165) is 10.9 Å². The molecule has 0 fully saturated rings. The number of rotatable bonds is 0. The van der Waals surface area contributed by atoms with Crippen molar-refractivity contribution >= 4 is 33.3 Å². The van der Waals surface area contributed by atoms with Gasteiger partial charge >= 0.3 is 26.2 Å². The summed E-state index contributed by atoms with van der Waals surface area (Å²) < 4.78 is 1.02. The summed E-state index contributed by atoms with van der Waals surface area (Å²) in [5, 5.41) is 0. The van der Waals surface area contributed by atoms with Gasteiger partial charge in [-0.3, -0.25) is 6.08 Å². The fourth-order valence-corrected chi connectivity index (χ4v) is 3.72. The van der Waals surface area contributed by atoms with Crippen LogP contribution in [0.4, 0.5) is 5.69 Å². The molecule has 0 N–H and O–H groups in total. The number of allylic oxidation sites excluding steroid dienone is 4. The van der Waals surface area contributed by atoms with Gasteiger partial charge in [-0.25, -0.2) is 12.2 Å². The fraction of sp³-hybridized carbons (Fsp3) is 0.143. The van der Waals surface area contributed by atoms with E-state index < -0.39 is 0 Å². The van der Waals surface area contributed by atoms with E-state index >= 15 is 0 Å². The van der Waals surface area contributed by atoms with Gasteiger partial charge in [0.25, 0.3) is 0 Å². The first kappa shape index (κ1) is 23.4. The van der Waals surface area contributed by atoms with E-state index in [-0.39, 0.29) is 51.0 Å². The van der Waals surface area contributed by atoms with Gasteiger partial charge in [-0.1, -0.05) is 56.3 Å². The van der Waals surface area contributed by atoms with E-state index in [1.807, 2.05) is 12.2 Å². The molecule has 2 aliphatic carbocycles. The number of anilines is 1. The Morgan fingerprint density at radius 1 is 1.12 bits per heavy atom. The average molecular weight is 524 g/mol. The summed E-state index contributed by atoms with van der Waals surface area (Å²) in [5.74, 6) is 0. The van der Waals surface area contributed by atoms with E-state index in [4.69, 9.17) is 0 Å². The molecule has 0 amide bonds. The van der Waals surface area contributed by atoms with Crippen molar-refractivity contribution in [3.63, 3.8) is 0 Å². The zero-order valence-corrected chi connectivity index (χ0v) is 19.7. The number of benzene rings is 2. The average Bonchev–Trinajstić information content (AvgIpc) is 3.28. The Morgan fingerprint density at radius 3 is 2.54 bits per heavy atom. The van der Waals surface area contributed by atoms with Gasteiger partial charge in [-0.05, 0) is 23.9 Å². The Bertz CT molecular complexity index is 851. The molecule has 0 saturated carbocycles. The van der Waals surface area contributed by atoms with Crippen LogP contribution in [0.1, 0.15) is 29.2 Å². The third kappa shape index (κ3) is 4.28. The van der Waals surface area contributed by atoms with Crippen LogP contribution in [-0.4, -0.2) is 7.05 Å². The molecule has 3 aliphatic rings. The predicted octanol–water partition coefficient (Wildman–Crippen LogP) is -0.394. The molecule has 130 valence electrons. The van der Waals surface area contributed by atoms with Gasteiger partial charge in [0, 0.05) is 6.04 Å². The van der Waals surface area contributed by atoms with Crippen LogP contribution in [0.3, 0.4) is 0 Å². The van der Waals surface area contributed by atoms with Crippen LogP contribution in [0.25, 0.3) is 11.6 Å². The molecule has 2 aromatic rings. The number of fused-ring (bicyclic) bond motifs is 5. The van der Waals surface area contributed by atoms with Crippen LogP contribution >= 0.6 is 15.9 Å². The predicted molar refractivity (Wildman–Crippen MR) is 100 cm³/mol. The Morgan fingerprint density at radius 2 is 1.88 bits per heavy atom. The molecule has 5 rings (SSSR count). The molecule has 1 aliphatic heterocycles. The van der Waals surface area contributed by atoms with Crippen LogP contribution in [0.15, 0.2) is 59.1 Å². The maximum absolute atomic E-state index is 3.52. The molecule has 1 nitrogen and oxygen atoms in total. The van der Waals surface area contributed by atoms with Gasteiger partial charge in [0.15, 0.2) is 0 Å². The summed E-state index contributed by atoms with van der Waals surface area (Å²) in [4.78, 5) is 2.34. The minimum Gasteiger partial charge on any atom is -1.00 e. The van der Waals surface area contributed by atoms with Crippen molar-refractivity contribution in [2.45, 2.75) is 12.5 Å². The minimum absolute atomic E-state index is 0. The van der Waals surface area contributed by atoms with Crippen molar-refractivity contribution in [2.75, 3.05) is 11.9 Å². The maximum atomic E-state index is 3.52. The summed E-state index contributed by atoms with van der Waals surface area (Å²) in [5.41, 5.74) is 6.60. The molecule has 1 atom stereocenters.